The molecule has 2 aromatic rings. The number of methoxy groups -OCH3 is 1. The first-order valence-electron chi connectivity index (χ1n) is 7.77. The number of benzene rings is 2. The van der Waals surface area contributed by atoms with E-state index in [0.29, 0.717) is 16.6 Å². The third kappa shape index (κ3) is 5.72. The molecule has 0 aliphatic carbocycles. The summed E-state index contributed by atoms with van der Waals surface area (Å²) < 4.78 is 28.1. The van der Waals surface area contributed by atoms with Crippen molar-refractivity contribution in [2.24, 2.45) is 0 Å². The van der Waals surface area contributed by atoms with Crippen LogP contribution < -0.4 is 15.4 Å². The lowest BCUT2D eigenvalue weighted by molar-refractivity contribution is 0.414. The molecule has 2 N–H and O–H groups in total. The first-order valence-corrected chi connectivity index (χ1v) is 10.1. The zero-order valence-electron chi connectivity index (χ0n) is 14.4. The van der Waals surface area contributed by atoms with Crippen LogP contribution in [-0.2, 0) is 16.4 Å². The Bertz CT molecular complexity index is 816. The third-order valence-electron chi connectivity index (χ3n) is 3.77. The number of hydrogen-bond donors (Lipinski definition) is 2. The van der Waals surface area contributed by atoms with E-state index >= 15 is 0 Å². The second kappa shape index (κ2) is 8.31. The SMILES string of the molecule is COc1ccc(CNC(=S)N[C@H](C)c2ccc(S(C)(=O)=O)cc2)cc1. The summed E-state index contributed by atoms with van der Waals surface area (Å²) in [6.45, 7) is 2.58. The van der Waals surface area contributed by atoms with Crippen LogP contribution in [0.2, 0.25) is 0 Å². The van der Waals surface area contributed by atoms with Gasteiger partial charge in [0, 0.05) is 12.8 Å². The molecule has 0 spiro atoms. The van der Waals surface area contributed by atoms with Crippen molar-refractivity contribution in [3.05, 3.63) is 59.7 Å². The van der Waals surface area contributed by atoms with Crippen LogP contribution in [-0.4, -0.2) is 26.9 Å². The molecule has 0 aliphatic heterocycles. The molecule has 0 saturated carbocycles. The summed E-state index contributed by atoms with van der Waals surface area (Å²) in [7, 11) is -1.55. The highest BCUT2D eigenvalue weighted by molar-refractivity contribution is 7.90. The molecule has 0 heterocycles. The van der Waals surface area contributed by atoms with E-state index < -0.39 is 9.84 Å². The zero-order valence-corrected chi connectivity index (χ0v) is 16.1. The number of ether oxygens (including phenoxy) is 1. The van der Waals surface area contributed by atoms with Gasteiger partial charge in [-0.1, -0.05) is 24.3 Å². The molecule has 0 aromatic heterocycles. The van der Waals surface area contributed by atoms with E-state index in [1.807, 2.05) is 31.2 Å². The van der Waals surface area contributed by atoms with Gasteiger partial charge in [-0.25, -0.2) is 8.42 Å². The van der Waals surface area contributed by atoms with Gasteiger partial charge in [-0.2, -0.15) is 0 Å². The third-order valence-corrected chi connectivity index (χ3v) is 5.16. The van der Waals surface area contributed by atoms with E-state index in [1.165, 1.54) is 6.26 Å². The lowest BCUT2D eigenvalue weighted by Gasteiger charge is -2.18. The van der Waals surface area contributed by atoms with Gasteiger partial charge >= 0.3 is 0 Å². The average Bonchev–Trinajstić information content (AvgIpc) is 2.59. The molecule has 0 saturated heterocycles. The highest BCUT2D eigenvalue weighted by Gasteiger charge is 2.10. The smallest absolute Gasteiger partial charge is 0.175 e. The molecule has 25 heavy (non-hydrogen) atoms. The first-order chi connectivity index (χ1) is 11.8. The van der Waals surface area contributed by atoms with E-state index in [-0.39, 0.29) is 6.04 Å². The van der Waals surface area contributed by atoms with Gasteiger partial charge in [0.2, 0.25) is 0 Å². The maximum absolute atomic E-state index is 11.5. The fourth-order valence-corrected chi connectivity index (χ4v) is 3.14. The van der Waals surface area contributed by atoms with E-state index in [0.717, 1.165) is 16.9 Å². The summed E-state index contributed by atoms with van der Waals surface area (Å²) in [6, 6.07) is 14.5. The average molecular weight is 379 g/mol. The van der Waals surface area contributed by atoms with Gasteiger partial charge in [0.05, 0.1) is 18.0 Å². The van der Waals surface area contributed by atoms with E-state index in [1.54, 1.807) is 31.4 Å². The number of thiocarbonyl (C=S) groups is 1. The highest BCUT2D eigenvalue weighted by Crippen LogP contribution is 2.16. The summed E-state index contributed by atoms with van der Waals surface area (Å²) in [5, 5.41) is 6.89. The largest absolute Gasteiger partial charge is 0.497 e. The van der Waals surface area contributed by atoms with Crippen molar-refractivity contribution in [3.63, 3.8) is 0 Å². The highest BCUT2D eigenvalue weighted by atomic mass is 32.2. The van der Waals surface area contributed by atoms with Gasteiger partial charge in [-0.3, -0.25) is 0 Å². The molecule has 0 bridgehead atoms. The maximum atomic E-state index is 11.5. The van der Waals surface area contributed by atoms with Gasteiger partial charge in [0.25, 0.3) is 0 Å². The fraction of sp³-hybridized carbons (Fsp3) is 0.278. The molecule has 0 fully saturated rings. The lowest BCUT2D eigenvalue weighted by atomic mass is 10.1. The summed E-state index contributed by atoms with van der Waals surface area (Å²) in [4.78, 5) is 0.309. The van der Waals surface area contributed by atoms with Crippen molar-refractivity contribution < 1.29 is 13.2 Å². The Hall–Kier alpha value is -2.12. The molecule has 0 amide bonds. The number of nitrogens with one attached hydrogen (secondary N) is 2. The van der Waals surface area contributed by atoms with Crippen LogP contribution in [0.1, 0.15) is 24.1 Å². The molecule has 0 aliphatic rings. The van der Waals surface area contributed by atoms with Gasteiger partial charge < -0.3 is 15.4 Å². The Labute approximate surface area is 154 Å². The Kier molecular flexibility index (Phi) is 6.39. The molecule has 1 atom stereocenters. The lowest BCUT2D eigenvalue weighted by Crippen LogP contribution is -2.36. The van der Waals surface area contributed by atoms with Crippen LogP contribution in [0.5, 0.6) is 5.75 Å². The summed E-state index contributed by atoms with van der Waals surface area (Å²) in [6.07, 6.45) is 1.20. The Morgan fingerprint density at radius 2 is 1.72 bits per heavy atom. The normalized spacial score (nSPS) is 12.3. The monoisotopic (exact) mass is 378 g/mol. The molecule has 5 nitrogen and oxygen atoms in total. The van der Waals surface area contributed by atoms with Gasteiger partial charge in [-0.15, -0.1) is 0 Å². The predicted octanol–water partition coefficient (Wildman–Crippen LogP) is 2.82. The molecule has 0 radical (unpaired) electrons. The van der Waals surface area contributed by atoms with Crippen molar-refractivity contribution >= 4 is 27.2 Å². The summed E-state index contributed by atoms with van der Waals surface area (Å²) in [5.74, 6) is 0.815. The van der Waals surface area contributed by atoms with Crippen molar-refractivity contribution in [1.82, 2.24) is 10.6 Å². The second-order valence-electron chi connectivity index (χ2n) is 5.74. The van der Waals surface area contributed by atoms with Gasteiger partial charge in [0.15, 0.2) is 14.9 Å². The van der Waals surface area contributed by atoms with Crippen LogP contribution >= 0.6 is 12.2 Å². The maximum Gasteiger partial charge on any atom is 0.175 e. The fourth-order valence-electron chi connectivity index (χ4n) is 2.26. The van der Waals surface area contributed by atoms with Crippen LogP contribution in [0.4, 0.5) is 0 Å². The minimum Gasteiger partial charge on any atom is -0.497 e. The van der Waals surface area contributed by atoms with Crippen LogP contribution in [0.15, 0.2) is 53.4 Å². The molecule has 134 valence electrons. The Balaban J connectivity index is 1.88. The molecular weight excluding hydrogens is 356 g/mol. The number of rotatable bonds is 6. The van der Waals surface area contributed by atoms with E-state index in [9.17, 15) is 8.42 Å². The van der Waals surface area contributed by atoms with Crippen LogP contribution in [0.25, 0.3) is 0 Å². The quantitative estimate of drug-likeness (QED) is 0.754. The van der Waals surface area contributed by atoms with Gasteiger partial charge in [-0.05, 0) is 54.5 Å². The second-order valence-corrected chi connectivity index (χ2v) is 8.16. The van der Waals surface area contributed by atoms with E-state index in [4.69, 9.17) is 17.0 Å². The Morgan fingerprint density at radius 1 is 1.12 bits per heavy atom. The zero-order chi connectivity index (χ0) is 18.4. The topological polar surface area (TPSA) is 67.4 Å². The minimum atomic E-state index is -3.18. The summed E-state index contributed by atoms with van der Waals surface area (Å²) >= 11 is 5.32. The van der Waals surface area contributed by atoms with Crippen LogP contribution in [0, 0.1) is 0 Å². The molecule has 2 aromatic carbocycles. The molecule has 0 unspecified atom stereocenters. The number of sulfone groups is 1. The first kappa shape index (κ1) is 19.2. The minimum absolute atomic E-state index is 0.0375. The van der Waals surface area contributed by atoms with Crippen molar-refractivity contribution in [1.29, 1.82) is 0 Å². The van der Waals surface area contributed by atoms with Crippen molar-refractivity contribution in [2.75, 3.05) is 13.4 Å². The van der Waals surface area contributed by atoms with Crippen molar-refractivity contribution in [2.45, 2.75) is 24.4 Å². The Morgan fingerprint density at radius 3 is 2.24 bits per heavy atom. The van der Waals surface area contributed by atoms with Crippen LogP contribution in [0.3, 0.4) is 0 Å². The van der Waals surface area contributed by atoms with E-state index in [2.05, 4.69) is 10.6 Å². The molecule has 2 rings (SSSR count). The van der Waals surface area contributed by atoms with Gasteiger partial charge in [0.1, 0.15) is 5.75 Å². The number of hydrogen-bond acceptors (Lipinski definition) is 4. The standard InChI is InChI=1S/C18H22N2O3S2/c1-13(15-6-10-17(11-7-15)25(3,21)22)20-18(24)19-12-14-4-8-16(23-2)9-5-14/h4-11,13H,12H2,1-3H3,(H2,19,20,24)/t13-/m1/s1. The molecule has 7 heteroatoms. The summed E-state index contributed by atoms with van der Waals surface area (Å²) in [5.41, 5.74) is 2.05. The predicted molar refractivity (Wildman–Crippen MR) is 104 cm³/mol. The molecular formula is C18H22N2O3S2. The van der Waals surface area contributed by atoms with Crippen molar-refractivity contribution in [3.8, 4) is 5.75 Å².